The molecule has 1 aliphatic carbocycles. The van der Waals surface area contributed by atoms with Crippen molar-refractivity contribution in [1.82, 2.24) is 0 Å². The molecule has 3 N–H and O–H groups in total. The van der Waals surface area contributed by atoms with Crippen LogP contribution in [0.3, 0.4) is 0 Å². The number of guanidine groups is 1. The van der Waals surface area contributed by atoms with Crippen molar-refractivity contribution >= 4 is 35.6 Å². The van der Waals surface area contributed by atoms with E-state index in [1.54, 1.807) is 24.3 Å². The standard InChI is InChI=1S/C18H19F2N3O.HI/c1-11-3-2-4-13(9-11)22-18(21)23-16-10-15(16)12-5-7-14(8-6-12)24-17(19)20;/h2-9,15-17H,10H2,1H3,(H3,21,22,23);1H/t15-,16+;/m0./s1. The lowest BCUT2D eigenvalue weighted by molar-refractivity contribution is -0.0498. The largest absolute Gasteiger partial charge is 0.435 e. The van der Waals surface area contributed by atoms with Gasteiger partial charge in [0.2, 0.25) is 0 Å². The normalized spacial score (nSPS) is 19.3. The molecule has 7 heteroatoms. The van der Waals surface area contributed by atoms with Crippen LogP contribution >= 0.6 is 24.0 Å². The Morgan fingerprint density at radius 1 is 1.24 bits per heavy atom. The van der Waals surface area contributed by atoms with Crippen LogP contribution in [-0.2, 0) is 0 Å². The predicted octanol–water partition coefficient (Wildman–Crippen LogP) is 4.50. The van der Waals surface area contributed by atoms with Crippen LogP contribution in [0.2, 0.25) is 0 Å². The number of aryl methyl sites for hydroxylation is 1. The Morgan fingerprint density at radius 3 is 2.60 bits per heavy atom. The first-order chi connectivity index (χ1) is 11.5. The van der Waals surface area contributed by atoms with E-state index in [2.05, 4.69) is 15.0 Å². The Balaban J connectivity index is 0.00000225. The molecular formula is C18H20F2IN3O. The number of anilines is 1. The number of nitrogens with zero attached hydrogens (tertiary/aromatic N) is 1. The molecule has 0 amide bonds. The molecular weight excluding hydrogens is 439 g/mol. The zero-order valence-corrected chi connectivity index (χ0v) is 16.0. The highest BCUT2D eigenvalue weighted by Gasteiger charge is 2.38. The second-order valence-electron chi connectivity index (χ2n) is 5.87. The maximum absolute atomic E-state index is 12.1. The number of nitrogens with two attached hydrogens (primary N) is 1. The summed E-state index contributed by atoms with van der Waals surface area (Å²) in [6, 6.07) is 14.7. The van der Waals surface area contributed by atoms with Crippen molar-refractivity contribution in [1.29, 1.82) is 0 Å². The topological polar surface area (TPSA) is 59.6 Å². The van der Waals surface area contributed by atoms with Crippen molar-refractivity contribution in [2.24, 2.45) is 10.7 Å². The molecule has 0 saturated heterocycles. The summed E-state index contributed by atoms with van der Waals surface area (Å²) < 4.78 is 28.6. The summed E-state index contributed by atoms with van der Waals surface area (Å²) in [5.74, 6) is 0.810. The monoisotopic (exact) mass is 459 g/mol. The van der Waals surface area contributed by atoms with Crippen LogP contribution in [0, 0.1) is 6.92 Å². The van der Waals surface area contributed by atoms with Gasteiger partial charge >= 0.3 is 6.61 Å². The molecule has 0 aromatic heterocycles. The number of ether oxygens (including phenoxy) is 1. The van der Waals surface area contributed by atoms with Crippen molar-refractivity contribution in [3.63, 3.8) is 0 Å². The van der Waals surface area contributed by atoms with Crippen molar-refractivity contribution < 1.29 is 13.5 Å². The van der Waals surface area contributed by atoms with E-state index in [0.29, 0.717) is 5.96 Å². The maximum atomic E-state index is 12.1. The molecule has 3 rings (SSSR count). The minimum atomic E-state index is -2.80. The van der Waals surface area contributed by atoms with Gasteiger partial charge in [-0.1, -0.05) is 24.3 Å². The molecule has 134 valence electrons. The summed E-state index contributed by atoms with van der Waals surface area (Å²) in [6.45, 7) is -0.793. The number of nitrogens with one attached hydrogen (secondary N) is 1. The molecule has 2 aromatic carbocycles. The summed E-state index contributed by atoms with van der Waals surface area (Å²) in [7, 11) is 0. The lowest BCUT2D eigenvalue weighted by Gasteiger charge is -2.07. The average Bonchev–Trinajstić information content (AvgIpc) is 3.26. The highest BCUT2D eigenvalue weighted by molar-refractivity contribution is 14.0. The Kier molecular flexibility index (Phi) is 6.57. The molecule has 25 heavy (non-hydrogen) atoms. The summed E-state index contributed by atoms with van der Waals surface area (Å²) >= 11 is 0. The molecule has 4 nitrogen and oxygen atoms in total. The number of hydrogen-bond donors (Lipinski definition) is 2. The van der Waals surface area contributed by atoms with Gasteiger partial charge in [0.25, 0.3) is 0 Å². The lowest BCUT2D eigenvalue weighted by atomic mass is 10.1. The summed E-state index contributed by atoms with van der Waals surface area (Å²) in [4.78, 5) is 4.47. The van der Waals surface area contributed by atoms with E-state index in [0.717, 1.165) is 23.2 Å². The lowest BCUT2D eigenvalue weighted by Crippen LogP contribution is -2.23. The molecule has 0 bridgehead atoms. The first-order valence-corrected chi connectivity index (χ1v) is 7.73. The van der Waals surface area contributed by atoms with Crippen molar-refractivity contribution in [3.05, 3.63) is 59.7 Å². The van der Waals surface area contributed by atoms with Crippen LogP contribution in [0.4, 0.5) is 14.5 Å². The number of aliphatic imine (C=N–C) groups is 1. The van der Waals surface area contributed by atoms with E-state index >= 15 is 0 Å². The number of halogens is 3. The van der Waals surface area contributed by atoms with E-state index in [1.165, 1.54) is 0 Å². The smallest absolute Gasteiger partial charge is 0.387 e. The van der Waals surface area contributed by atoms with Gasteiger partial charge in [-0.2, -0.15) is 8.78 Å². The highest BCUT2D eigenvalue weighted by atomic mass is 127. The Morgan fingerprint density at radius 2 is 1.96 bits per heavy atom. The molecule has 0 unspecified atom stereocenters. The highest BCUT2D eigenvalue weighted by Crippen LogP contribution is 2.43. The SMILES string of the molecule is Cc1cccc(NC(N)=N[C@@H]2C[C@H]2c2ccc(OC(F)F)cc2)c1.I. The summed E-state index contributed by atoms with van der Waals surface area (Å²) in [5.41, 5.74) is 9.05. The third-order valence-electron chi connectivity index (χ3n) is 3.89. The van der Waals surface area contributed by atoms with Crippen LogP contribution in [0.25, 0.3) is 0 Å². The fourth-order valence-corrected chi connectivity index (χ4v) is 2.66. The van der Waals surface area contributed by atoms with Gasteiger partial charge in [0.1, 0.15) is 5.75 Å². The summed E-state index contributed by atoms with van der Waals surface area (Å²) in [6.07, 6.45) is 0.894. The Bertz CT molecular complexity index is 737. The third-order valence-corrected chi connectivity index (χ3v) is 3.89. The number of benzene rings is 2. The van der Waals surface area contributed by atoms with E-state index < -0.39 is 6.61 Å². The van der Waals surface area contributed by atoms with Gasteiger partial charge in [-0.15, -0.1) is 24.0 Å². The van der Waals surface area contributed by atoms with Gasteiger partial charge in [-0.3, -0.25) is 0 Å². The quantitative estimate of drug-likeness (QED) is 0.394. The van der Waals surface area contributed by atoms with Gasteiger partial charge in [0.15, 0.2) is 5.96 Å². The fourth-order valence-electron chi connectivity index (χ4n) is 2.66. The Labute approximate surface area is 162 Å². The van der Waals surface area contributed by atoms with Crippen LogP contribution in [0.5, 0.6) is 5.75 Å². The number of hydrogen-bond acceptors (Lipinski definition) is 2. The molecule has 0 aliphatic heterocycles. The third kappa shape index (κ3) is 5.55. The number of rotatable bonds is 5. The van der Waals surface area contributed by atoms with Crippen LogP contribution in [0.1, 0.15) is 23.5 Å². The second-order valence-corrected chi connectivity index (χ2v) is 5.87. The van der Waals surface area contributed by atoms with E-state index in [1.807, 2.05) is 31.2 Å². The molecule has 1 saturated carbocycles. The molecule has 2 atom stereocenters. The van der Waals surface area contributed by atoms with Gasteiger partial charge in [-0.05, 0) is 48.7 Å². The fraction of sp³-hybridized carbons (Fsp3) is 0.278. The predicted molar refractivity (Wildman–Crippen MR) is 106 cm³/mol. The van der Waals surface area contributed by atoms with E-state index in [4.69, 9.17) is 5.73 Å². The first-order valence-electron chi connectivity index (χ1n) is 7.73. The number of alkyl halides is 2. The minimum Gasteiger partial charge on any atom is -0.435 e. The molecule has 1 fully saturated rings. The van der Waals surface area contributed by atoms with Gasteiger partial charge < -0.3 is 15.8 Å². The zero-order chi connectivity index (χ0) is 17.1. The van der Waals surface area contributed by atoms with Crippen LogP contribution < -0.4 is 15.8 Å². The second kappa shape index (κ2) is 8.46. The molecule has 0 heterocycles. The van der Waals surface area contributed by atoms with E-state index in [9.17, 15) is 8.78 Å². The average molecular weight is 459 g/mol. The molecule has 0 radical (unpaired) electrons. The minimum absolute atomic E-state index is 0. The van der Waals surface area contributed by atoms with Gasteiger partial charge in [-0.25, -0.2) is 4.99 Å². The van der Waals surface area contributed by atoms with Gasteiger partial charge in [0, 0.05) is 11.6 Å². The maximum Gasteiger partial charge on any atom is 0.387 e. The van der Waals surface area contributed by atoms with Crippen molar-refractivity contribution in [3.8, 4) is 5.75 Å². The Hall–Kier alpha value is -1.90. The zero-order valence-electron chi connectivity index (χ0n) is 13.7. The van der Waals surface area contributed by atoms with E-state index in [-0.39, 0.29) is 41.7 Å². The molecule has 0 spiro atoms. The molecule has 1 aliphatic rings. The van der Waals surface area contributed by atoms with Crippen molar-refractivity contribution in [2.45, 2.75) is 31.9 Å². The van der Waals surface area contributed by atoms with Gasteiger partial charge in [0.05, 0.1) is 6.04 Å². The summed E-state index contributed by atoms with van der Waals surface area (Å²) in [5, 5.41) is 3.08. The van der Waals surface area contributed by atoms with Crippen molar-refractivity contribution in [2.75, 3.05) is 5.32 Å². The first kappa shape index (κ1) is 19.4. The molecule has 2 aromatic rings. The van der Waals surface area contributed by atoms with Crippen LogP contribution in [-0.4, -0.2) is 18.6 Å². The van der Waals surface area contributed by atoms with Crippen LogP contribution in [0.15, 0.2) is 53.5 Å².